The van der Waals surface area contributed by atoms with E-state index in [0.29, 0.717) is 20.1 Å². The van der Waals surface area contributed by atoms with Crippen molar-refractivity contribution in [1.82, 2.24) is 0 Å². The monoisotopic (exact) mass is 248 g/mol. The molecule has 0 atom stereocenters. The third kappa shape index (κ3) is 2.60. The lowest BCUT2D eigenvalue weighted by molar-refractivity contribution is 1.70. The second-order valence-electron chi connectivity index (χ2n) is 1.66. The molecule has 1 aromatic carbocycles. The Hall–Kier alpha value is 0.730. The highest BCUT2D eigenvalue weighted by Gasteiger charge is 2.05. The molecule has 0 saturated carbocycles. The molecule has 0 unspecified atom stereocenters. The van der Waals surface area contributed by atoms with Crippen LogP contribution in [0.5, 0.6) is 0 Å². The summed E-state index contributed by atoms with van der Waals surface area (Å²) < 4.78 is 0. The van der Waals surface area contributed by atoms with Gasteiger partial charge in [0.2, 0.25) is 0 Å². The number of hydrogen-bond donors (Lipinski definition) is 0. The molecule has 0 aliphatic rings. The van der Waals surface area contributed by atoms with Gasteiger partial charge in [0.05, 0.1) is 20.1 Å². The van der Waals surface area contributed by atoms with Gasteiger partial charge in [0.1, 0.15) is 0 Å². The van der Waals surface area contributed by atoms with E-state index in [2.05, 4.69) is 0 Å². The van der Waals surface area contributed by atoms with Crippen LogP contribution < -0.4 is 0 Å². The lowest BCUT2D eigenvalue weighted by atomic mass is 10.4. The summed E-state index contributed by atoms with van der Waals surface area (Å²) >= 11 is 22.5. The fraction of sp³-hybridized carbons (Fsp3) is 0. The van der Waals surface area contributed by atoms with Crippen molar-refractivity contribution in [3.63, 3.8) is 0 Å². The van der Waals surface area contributed by atoms with Crippen LogP contribution in [-0.4, -0.2) is 0 Å². The fourth-order valence-electron chi connectivity index (χ4n) is 0.502. The Morgan fingerprint density at radius 3 is 1.27 bits per heavy atom. The molecule has 0 amide bonds. The highest BCUT2D eigenvalue weighted by Crippen LogP contribution is 2.34. The fourth-order valence-corrected chi connectivity index (χ4v) is 1.24. The third-order valence-electron chi connectivity index (χ3n) is 0.988. The van der Waals surface area contributed by atoms with Crippen LogP contribution in [0.4, 0.5) is 0 Å². The average Bonchev–Trinajstić information content (AvgIpc) is 1.93. The minimum Gasteiger partial charge on any atom is -0.197 e. The smallest absolute Gasteiger partial charge is 0.0793 e. The average molecular weight is 250 g/mol. The van der Waals surface area contributed by atoms with Crippen molar-refractivity contribution >= 4 is 59.9 Å². The van der Waals surface area contributed by atoms with Crippen molar-refractivity contribution in [3.05, 3.63) is 32.2 Å². The van der Waals surface area contributed by atoms with Gasteiger partial charge in [-0.05, 0) is 12.1 Å². The first-order chi connectivity index (χ1) is 4.63. The summed E-state index contributed by atoms with van der Waals surface area (Å²) in [5, 5.41) is 1.43. The molecule has 0 aromatic heterocycles. The molecule has 0 fully saturated rings. The van der Waals surface area contributed by atoms with Crippen LogP contribution >= 0.6 is 59.9 Å². The van der Waals surface area contributed by atoms with Crippen LogP contribution in [0.15, 0.2) is 12.1 Å². The van der Waals surface area contributed by atoms with Crippen LogP contribution in [-0.2, 0) is 0 Å². The SMILES string of the molecule is Clc1ccc(Cl)c(Cl)c1Cl.S. The summed E-state index contributed by atoms with van der Waals surface area (Å²) in [5.41, 5.74) is 0. The van der Waals surface area contributed by atoms with Gasteiger partial charge >= 0.3 is 0 Å². The molecule has 0 nitrogen and oxygen atoms in total. The second kappa shape index (κ2) is 4.68. The Kier molecular flexibility index (Phi) is 4.99. The molecule has 11 heavy (non-hydrogen) atoms. The molecule has 0 aliphatic heterocycles. The van der Waals surface area contributed by atoms with Gasteiger partial charge in [0, 0.05) is 0 Å². The molecule has 0 spiro atoms. The molecule has 1 aromatic rings. The predicted octanol–water partition coefficient (Wildman–Crippen LogP) is 4.41. The minimum atomic E-state index is 0. The van der Waals surface area contributed by atoms with Gasteiger partial charge in [0.15, 0.2) is 0 Å². The zero-order chi connectivity index (χ0) is 7.72. The Morgan fingerprint density at radius 2 is 1.00 bits per heavy atom. The molecule has 0 N–H and O–H groups in total. The first-order valence-electron chi connectivity index (χ1n) is 2.42. The lowest BCUT2D eigenvalue weighted by Gasteiger charge is -1.98. The lowest BCUT2D eigenvalue weighted by Crippen LogP contribution is -1.71. The van der Waals surface area contributed by atoms with Gasteiger partial charge in [-0.2, -0.15) is 13.5 Å². The van der Waals surface area contributed by atoms with E-state index in [9.17, 15) is 0 Å². The quantitative estimate of drug-likeness (QED) is 0.472. The number of hydrogen-bond acceptors (Lipinski definition) is 0. The van der Waals surface area contributed by atoms with E-state index >= 15 is 0 Å². The first-order valence-corrected chi connectivity index (χ1v) is 3.93. The highest BCUT2D eigenvalue weighted by molar-refractivity contribution is 7.59. The van der Waals surface area contributed by atoms with Crippen molar-refractivity contribution in [3.8, 4) is 0 Å². The molecule has 0 bridgehead atoms. The maximum Gasteiger partial charge on any atom is 0.0793 e. The Labute approximate surface area is 91.8 Å². The summed E-state index contributed by atoms with van der Waals surface area (Å²) in [7, 11) is 0. The minimum absolute atomic E-state index is 0. The van der Waals surface area contributed by atoms with Gasteiger partial charge < -0.3 is 0 Å². The molecule has 0 saturated heterocycles. The molecular weight excluding hydrogens is 246 g/mol. The summed E-state index contributed by atoms with van der Waals surface area (Å²) in [6.45, 7) is 0. The Balaban J connectivity index is 0.000001000. The normalized spacial score (nSPS) is 9.09. The summed E-state index contributed by atoms with van der Waals surface area (Å²) in [5.74, 6) is 0. The molecule has 0 radical (unpaired) electrons. The maximum absolute atomic E-state index is 5.63. The van der Waals surface area contributed by atoms with E-state index in [1.165, 1.54) is 0 Å². The van der Waals surface area contributed by atoms with Crippen LogP contribution in [0, 0.1) is 0 Å². The maximum atomic E-state index is 5.63. The zero-order valence-electron chi connectivity index (χ0n) is 5.17. The molecule has 5 heteroatoms. The predicted molar refractivity (Wildman–Crippen MR) is 56.9 cm³/mol. The number of halogens is 4. The van der Waals surface area contributed by atoms with Crippen molar-refractivity contribution in [2.45, 2.75) is 0 Å². The van der Waals surface area contributed by atoms with Gasteiger partial charge in [-0.3, -0.25) is 0 Å². The largest absolute Gasteiger partial charge is 0.197 e. The number of rotatable bonds is 0. The summed E-state index contributed by atoms with van der Waals surface area (Å²) in [6, 6.07) is 3.19. The Bertz CT molecular complexity index is 234. The molecule has 1 rings (SSSR count). The van der Waals surface area contributed by atoms with E-state index in [1.54, 1.807) is 12.1 Å². The third-order valence-corrected chi connectivity index (χ3v) is 2.69. The topological polar surface area (TPSA) is 0 Å². The zero-order valence-corrected chi connectivity index (χ0v) is 9.19. The van der Waals surface area contributed by atoms with Crippen LogP contribution in [0.25, 0.3) is 0 Å². The van der Waals surface area contributed by atoms with Crippen LogP contribution in [0.2, 0.25) is 20.1 Å². The van der Waals surface area contributed by atoms with E-state index in [4.69, 9.17) is 46.4 Å². The van der Waals surface area contributed by atoms with E-state index in [-0.39, 0.29) is 13.5 Å². The molecular formula is C6H4Cl4S. The van der Waals surface area contributed by atoms with Crippen molar-refractivity contribution in [1.29, 1.82) is 0 Å². The van der Waals surface area contributed by atoms with Crippen LogP contribution in [0.3, 0.4) is 0 Å². The summed E-state index contributed by atoms with van der Waals surface area (Å²) in [6.07, 6.45) is 0. The van der Waals surface area contributed by atoms with E-state index in [1.807, 2.05) is 0 Å². The standard InChI is InChI=1S/C6H2Cl4.H2S/c7-3-1-2-4(8)6(10)5(3)9;/h1-2H;1H2. The first kappa shape index (κ1) is 11.7. The molecule has 0 heterocycles. The van der Waals surface area contributed by atoms with Crippen molar-refractivity contribution in [2.24, 2.45) is 0 Å². The highest BCUT2D eigenvalue weighted by atomic mass is 35.5. The second-order valence-corrected chi connectivity index (χ2v) is 3.23. The van der Waals surface area contributed by atoms with Crippen molar-refractivity contribution in [2.75, 3.05) is 0 Å². The van der Waals surface area contributed by atoms with Crippen molar-refractivity contribution < 1.29 is 0 Å². The van der Waals surface area contributed by atoms with E-state index in [0.717, 1.165) is 0 Å². The molecule has 0 aliphatic carbocycles. The number of benzene rings is 1. The van der Waals surface area contributed by atoms with Gasteiger partial charge in [-0.1, -0.05) is 46.4 Å². The Morgan fingerprint density at radius 1 is 0.727 bits per heavy atom. The van der Waals surface area contributed by atoms with Gasteiger partial charge in [-0.25, -0.2) is 0 Å². The van der Waals surface area contributed by atoms with Crippen LogP contribution in [0.1, 0.15) is 0 Å². The molecule has 62 valence electrons. The summed E-state index contributed by atoms with van der Waals surface area (Å²) in [4.78, 5) is 0. The van der Waals surface area contributed by atoms with E-state index < -0.39 is 0 Å². The van der Waals surface area contributed by atoms with Gasteiger partial charge in [0.25, 0.3) is 0 Å². The van der Waals surface area contributed by atoms with Gasteiger partial charge in [-0.15, -0.1) is 0 Å².